The van der Waals surface area contributed by atoms with Gasteiger partial charge in [-0.3, -0.25) is 4.84 Å². The minimum Gasteiger partial charge on any atom is -0.306 e. The topological polar surface area (TPSA) is 66.8 Å². The van der Waals surface area contributed by atoms with Crippen LogP contribution >= 0.6 is 11.6 Å². The van der Waals surface area contributed by atoms with Crippen LogP contribution < -0.4 is 5.32 Å². The van der Waals surface area contributed by atoms with Crippen LogP contribution in [0.15, 0.2) is 35.5 Å². The standard InChI is InChI=1S/C17H17ClN4O2/c1-10-6-11-7-15(21-16(11)19-9-10)13-8-12(4-5-14(13)18)20-17(23)22(2)24-3/h4-6,8-9H,7H2,1-3H3,(H,20,23). The quantitative estimate of drug-likeness (QED) is 0.862. The molecule has 0 unspecified atom stereocenters. The van der Waals surface area contributed by atoms with E-state index < -0.39 is 0 Å². The molecule has 124 valence electrons. The van der Waals surface area contributed by atoms with E-state index in [4.69, 9.17) is 16.4 Å². The zero-order chi connectivity index (χ0) is 17.3. The Bertz CT molecular complexity index is 835. The summed E-state index contributed by atoms with van der Waals surface area (Å²) in [7, 11) is 2.95. The number of anilines is 1. The SMILES string of the molecule is CON(C)C(=O)Nc1ccc(Cl)c(C2=Nc3ncc(C)cc3C2)c1. The van der Waals surface area contributed by atoms with E-state index in [1.165, 1.54) is 14.2 Å². The normalized spacial score (nSPS) is 12.6. The Morgan fingerprint density at radius 1 is 1.38 bits per heavy atom. The molecule has 2 aromatic rings. The molecule has 2 amide bonds. The lowest BCUT2D eigenvalue weighted by Gasteiger charge is -2.15. The van der Waals surface area contributed by atoms with Crippen molar-refractivity contribution in [3.8, 4) is 0 Å². The van der Waals surface area contributed by atoms with Gasteiger partial charge in [0.1, 0.15) is 0 Å². The maximum Gasteiger partial charge on any atom is 0.345 e. The summed E-state index contributed by atoms with van der Waals surface area (Å²) in [4.78, 5) is 25.7. The molecule has 1 N–H and O–H groups in total. The van der Waals surface area contributed by atoms with E-state index >= 15 is 0 Å². The number of pyridine rings is 1. The molecule has 1 aromatic carbocycles. The molecule has 0 fully saturated rings. The Labute approximate surface area is 145 Å². The predicted molar refractivity (Wildman–Crippen MR) is 94.1 cm³/mol. The molecule has 1 aliphatic rings. The van der Waals surface area contributed by atoms with Gasteiger partial charge in [-0.2, -0.15) is 0 Å². The zero-order valence-electron chi connectivity index (χ0n) is 13.6. The van der Waals surface area contributed by atoms with Gasteiger partial charge in [0.25, 0.3) is 0 Å². The number of hydrogen-bond donors (Lipinski definition) is 1. The molecule has 0 aliphatic carbocycles. The number of hydrogen-bond acceptors (Lipinski definition) is 4. The highest BCUT2D eigenvalue weighted by Crippen LogP contribution is 2.31. The zero-order valence-corrected chi connectivity index (χ0v) is 14.4. The fourth-order valence-electron chi connectivity index (χ4n) is 2.47. The average molecular weight is 345 g/mol. The second-order valence-corrected chi connectivity index (χ2v) is 5.94. The Hall–Kier alpha value is -2.44. The summed E-state index contributed by atoms with van der Waals surface area (Å²) in [5.74, 6) is 0.722. The summed E-state index contributed by atoms with van der Waals surface area (Å²) in [5.41, 5.74) is 4.41. The average Bonchev–Trinajstić information content (AvgIpc) is 2.98. The van der Waals surface area contributed by atoms with Crippen molar-refractivity contribution in [3.63, 3.8) is 0 Å². The van der Waals surface area contributed by atoms with Gasteiger partial charge in [-0.05, 0) is 30.7 Å². The summed E-state index contributed by atoms with van der Waals surface area (Å²) in [5, 5.41) is 4.43. The molecular formula is C17H17ClN4O2. The summed E-state index contributed by atoms with van der Waals surface area (Å²) in [6, 6.07) is 6.98. The number of aromatic nitrogens is 1. The number of hydroxylamine groups is 2. The fourth-order valence-corrected chi connectivity index (χ4v) is 2.69. The Kier molecular flexibility index (Phi) is 4.51. The van der Waals surface area contributed by atoms with E-state index in [0.717, 1.165) is 33.3 Å². The van der Waals surface area contributed by atoms with E-state index in [0.29, 0.717) is 17.1 Å². The molecular weight excluding hydrogens is 328 g/mol. The number of rotatable bonds is 3. The number of halogens is 1. The number of benzene rings is 1. The molecule has 3 rings (SSSR count). The fraction of sp³-hybridized carbons (Fsp3) is 0.235. The van der Waals surface area contributed by atoms with E-state index in [2.05, 4.69) is 21.4 Å². The van der Waals surface area contributed by atoms with Gasteiger partial charge in [-0.25, -0.2) is 19.8 Å². The van der Waals surface area contributed by atoms with E-state index in [1.54, 1.807) is 24.4 Å². The van der Waals surface area contributed by atoms with Gasteiger partial charge >= 0.3 is 6.03 Å². The number of carbonyl (C=O) groups excluding carboxylic acids is 1. The van der Waals surface area contributed by atoms with E-state index in [9.17, 15) is 4.79 Å². The highest BCUT2D eigenvalue weighted by molar-refractivity contribution is 6.34. The Morgan fingerprint density at radius 2 is 2.17 bits per heavy atom. The number of nitrogens with one attached hydrogen (secondary N) is 1. The van der Waals surface area contributed by atoms with Crippen molar-refractivity contribution in [2.75, 3.05) is 19.5 Å². The molecule has 0 spiro atoms. The van der Waals surface area contributed by atoms with Crippen molar-refractivity contribution in [1.29, 1.82) is 0 Å². The van der Waals surface area contributed by atoms with Crippen molar-refractivity contribution in [3.05, 3.63) is 52.2 Å². The van der Waals surface area contributed by atoms with Gasteiger partial charge in [-0.1, -0.05) is 17.7 Å². The number of urea groups is 1. The number of carbonyl (C=O) groups is 1. The highest BCUT2D eigenvalue weighted by Gasteiger charge is 2.20. The van der Waals surface area contributed by atoms with Crippen LogP contribution in [0.4, 0.5) is 16.3 Å². The number of aryl methyl sites for hydroxylation is 1. The lowest BCUT2D eigenvalue weighted by atomic mass is 10.0. The molecule has 1 aliphatic heterocycles. The largest absolute Gasteiger partial charge is 0.345 e. The molecule has 0 bridgehead atoms. The maximum absolute atomic E-state index is 11.9. The minimum atomic E-state index is -0.375. The molecule has 0 radical (unpaired) electrons. The summed E-state index contributed by atoms with van der Waals surface area (Å²) in [6.07, 6.45) is 2.46. The van der Waals surface area contributed by atoms with Crippen molar-refractivity contribution >= 4 is 34.8 Å². The smallest absolute Gasteiger partial charge is 0.306 e. The second kappa shape index (κ2) is 6.59. The third-order valence-corrected chi connectivity index (χ3v) is 4.10. The number of fused-ring (bicyclic) bond motifs is 1. The second-order valence-electron chi connectivity index (χ2n) is 5.54. The van der Waals surface area contributed by atoms with E-state index in [1.807, 2.05) is 6.92 Å². The Balaban J connectivity index is 1.87. The molecule has 24 heavy (non-hydrogen) atoms. The van der Waals surface area contributed by atoms with Gasteiger partial charge in [0.05, 0.1) is 12.8 Å². The molecule has 7 heteroatoms. The van der Waals surface area contributed by atoms with Crippen molar-refractivity contribution in [1.82, 2.24) is 10.0 Å². The van der Waals surface area contributed by atoms with Crippen LogP contribution in [0.3, 0.4) is 0 Å². The van der Waals surface area contributed by atoms with Crippen LogP contribution in [0.5, 0.6) is 0 Å². The molecule has 0 saturated carbocycles. The Morgan fingerprint density at radius 3 is 2.92 bits per heavy atom. The first-order valence-electron chi connectivity index (χ1n) is 7.39. The molecule has 6 nitrogen and oxygen atoms in total. The van der Waals surface area contributed by atoms with Crippen LogP contribution in [0.25, 0.3) is 0 Å². The molecule has 0 atom stereocenters. The number of aliphatic imine (C=N–C) groups is 1. The first-order chi connectivity index (χ1) is 11.5. The van der Waals surface area contributed by atoms with Gasteiger partial charge in [-0.15, -0.1) is 0 Å². The van der Waals surface area contributed by atoms with Crippen molar-refractivity contribution in [2.45, 2.75) is 13.3 Å². The number of nitrogens with zero attached hydrogens (tertiary/aromatic N) is 3. The van der Waals surface area contributed by atoms with Crippen LogP contribution in [0.1, 0.15) is 16.7 Å². The van der Waals surface area contributed by atoms with Crippen LogP contribution in [0.2, 0.25) is 5.02 Å². The van der Waals surface area contributed by atoms with Gasteiger partial charge in [0, 0.05) is 41.5 Å². The van der Waals surface area contributed by atoms with E-state index in [-0.39, 0.29) is 6.03 Å². The molecule has 1 aromatic heterocycles. The third kappa shape index (κ3) is 3.25. The first-order valence-corrected chi connectivity index (χ1v) is 7.77. The highest BCUT2D eigenvalue weighted by atomic mass is 35.5. The predicted octanol–water partition coefficient (Wildman–Crippen LogP) is 3.75. The van der Waals surface area contributed by atoms with Crippen LogP contribution in [-0.2, 0) is 11.3 Å². The van der Waals surface area contributed by atoms with Crippen molar-refractivity contribution < 1.29 is 9.63 Å². The van der Waals surface area contributed by atoms with Crippen LogP contribution in [0, 0.1) is 6.92 Å². The van der Waals surface area contributed by atoms with Crippen molar-refractivity contribution in [2.24, 2.45) is 4.99 Å². The van der Waals surface area contributed by atoms with Gasteiger partial charge in [0.2, 0.25) is 0 Å². The maximum atomic E-state index is 11.9. The molecule has 0 saturated heterocycles. The molecule has 2 heterocycles. The summed E-state index contributed by atoms with van der Waals surface area (Å²) < 4.78 is 0. The monoisotopic (exact) mass is 344 g/mol. The van der Waals surface area contributed by atoms with Crippen LogP contribution in [-0.4, -0.2) is 35.9 Å². The lowest BCUT2D eigenvalue weighted by molar-refractivity contribution is -0.0598. The summed E-state index contributed by atoms with van der Waals surface area (Å²) in [6.45, 7) is 2.00. The summed E-state index contributed by atoms with van der Waals surface area (Å²) >= 11 is 6.33. The van der Waals surface area contributed by atoms with Gasteiger partial charge in [0.15, 0.2) is 5.82 Å². The minimum absolute atomic E-state index is 0.375. The third-order valence-electron chi connectivity index (χ3n) is 3.77. The van der Waals surface area contributed by atoms with Gasteiger partial charge < -0.3 is 5.32 Å². The number of amides is 2. The first kappa shape index (κ1) is 16.4. The lowest BCUT2D eigenvalue weighted by Crippen LogP contribution is -2.30.